The second kappa shape index (κ2) is 10.5. The second-order valence-electron chi connectivity index (χ2n) is 10.7. The molecule has 8 rings (SSSR count). The minimum atomic E-state index is 0.152. The van der Waals surface area contributed by atoms with E-state index in [4.69, 9.17) is 15.4 Å². The number of rotatable bonds is 3. The number of hydrogen-bond acceptors (Lipinski definition) is 9. The molecule has 0 amide bonds. The Labute approximate surface area is 258 Å². The van der Waals surface area contributed by atoms with E-state index in [1.807, 2.05) is 30.3 Å². The van der Waals surface area contributed by atoms with Crippen LogP contribution in [0, 0.1) is 5.41 Å². The highest BCUT2D eigenvalue weighted by Gasteiger charge is 2.34. The summed E-state index contributed by atoms with van der Waals surface area (Å²) in [6.45, 7) is 0. The van der Waals surface area contributed by atoms with E-state index in [0.29, 0.717) is 34.2 Å². The number of aromatic nitrogens is 4. The van der Waals surface area contributed by atoms with Crippen molar-refractivity contribution >= 4 is 47.3 Å². The minimum absolute atomic E-state index is 0.152. The van der Waals surface area contributed by atoms with Gasteiger partial charge in [-0.1, -0.05) is 66.7 Å². The number of para-hydroxylation sites is 1. The van der Waals surface area contributed by atoms with Gasteiger partial charge in [0, 0.05) is 28.2 Å². The van der Waals surface area contributed by atoms with Crippen LogP contribution < -0.4 is 4.90 Å². The number of nitrogens with one attached hydrogen (secondary N) is 1. The van der Waals surface area contributed by atoms with Crippen molar-refractivity contribution in [2.45, 2.75) is 25.7 Å². The summed E-state index contributed by atoms with van der Waals surface area (Å²) in [5, 5.41) is 8.70. The zero-order valence-electron chi connectivity index (χ0n) is 23.0. The summed E-state index contributed by atoms with van der Waals surface area (Å²) >= 11 is 5.25. The molecular weight excluding hydrogens is 571 g/mol. The maximum absolute atomic E-state index is 8.70. The Morgan fingerprint density at radius 2 is 1.44 bits per heavy atom. The third-order valence-electron chi connectivity index (χ3n) is 8.27. The molecule has 0 unspecified atom stereocenters. The van der Waals surface area contributed by atoms with E-state index in [-0.39, 0.29) is 5.71 Å². The van der Waals surface area contributed by atoms with Crippen LogP contribution in [-0.2, 0) is 6.42 Å². The summed E-state index contributed by atoms with van der Waals surface area (Å²) in [4.78, 5) is 12.6. The van der Waals surface area contributed by atoms with E-state index in [1.165, 1.54) is 22.5 Å². The van der Waals surface area contributed by atoms with Crippen LogP contribution in [0.3, 0.4) is 0 Å². The summed E-state index contributed by atoms with van der Waals surface area (Å²) in [6.07, 6.45) is 8.88. The zero-order valence-corrected chi connectivity index (χ0v) is 24.7. The van der Waals surface area contributed by atoms with E-state index in [2.05, 4.69) is 91.5 Å². The lowest BCUT2D eigenvalue weighted by Gasteiger charge is -2.29. The Morgan fingerprint density at radius 1 is 0.721 bits per heavy atom. The van der Waals surface area contributed by atoms with Gasteiger partial charge in [-0.05, 0) is 73.9 Å². The Morgan fingerprint density at radius 3 is 2.26 bits per heavy atom. The normalized spacial score (nSPS) is 16.4. The Kier molecular flexibility index (Phi) is 6.35. The SMILES string of the molecule is N=C1/C(=N\S)c2nc(-c3ccc(N4C5=C(CCC=C5)CCc5ccccc54)cc3)c(-c3ccccc3)nc2-c2nsnc21. The van der Waals surface area contributed by atoms with E-state index in [1.54, 1.807) is 0 Å². The maximum Gasteiger partial charge on any atom is 0.135 e. The van der Waals surface area contributed by atoms with Gasteiger partial charge in [-0.2, -0.15) is 8.75 Å². The summed E-state index contributed by atoms with van der Waals surface area (Å²) in [7, 11) is 0. The zero-order chi connectivity index (χ0) is 28.9. The van der Waals surface area contributed by atoms with Crippen molar-refractivity contribution in [3.8, 4) is 33.9 Å². The van der Waals surface area contributed by atoms with Crippen LogP contribution in [0.5, 0.6) is 0 Å². The third kappa shape index (κ3) is 4.26. The monoisotopic (exact) mass is 595 g/mol. The number of benzene rings is 3. The molecule has 0 spiro atoms. The first-order valence-electron chi connectivity index (χ1n) is 14.2. The molecule has 1 N–H and O–H groups in total. The first-order chi connectivity index (χ1) is 21.2. The fourth-order valence-corrected chi connectivity index (χ4v) is 6.94. The highest BCUT2D eigenvalue weighted by Crippen LogP contribution is 2.42. The molecule has 2 aliphatic carbocycles. The van der Waals surface area contributed by atoms with Crippen molar-refractivity contribution in [3.05, 3.63) is 119 Å². The molecule has 9 heteroatoms. The van der Waals surface area contributed by atoms with Crippen LogP contribution in [-0.4, -0.2) is 30.1 Å². The third-order valence-corrected chi connectivity index (χ3v) is 9.00. The Bertz CT molecular complexity index is 2010. The van der Waals surface area contributed by atoms with Crippen molar-refractivity contribution in [1.82, 2.24) is 18.7 Å². The van der Waals surface area contributed by atoms with Gasteiger partial charge >= 0.3 is 0 Å². The Balaban J connectivity index is 1.30. The van der Waals surface area contributed by atoms with E-state index >= 15 is 0 Å². The van der Waals surface area contributed by atoms with Crippen LogP contribution in [0.1, 0.15) is 36.2 Å². The lowest BCUT2D eigenvalue weighted by molar-refractivity contribution is 0.833. The summed E-state index contributed by atoms with van der Waals surface area (Å²) in [5.41, 5.74) is 12.3. The van der Waals surface area contributed by atoms with Crippen LogP contribution in [0.4, 0.5) is 11.4 Å². The molecule has 3 aromatic carbocycles. The number of fused-ring (bicyclic) bond motifs is 4. The molecule has 43 heavy (non-hydrogen) atoms. The lowest BCUT2D eigenvalue weighted by atomic mass is 9.95. The van der Waals surface area contributed by atoms with Crippen LogP contribution in [0.25, 0.3) is 33.9 Å². The molecule has 2 aromatic heterocycles. The topological polar surface area (TPSA) is 91.0 Å². The fraction of sp³-hybridized carbons (Fsp3) is 0.118. The van der Waals surface area contributed by atoms with E-state index < -0.39 is 0 Å². The first-order valence-corrected chi connectivity index (χ1v) is 15.3. The van der Waals surface area contributed by atoms with Crippen molar-refractivity contribution in [2.75, 3.05) is 4.90 Å². The molecule has 208 valence electrons. The molecule has 0 saturated heterocycles. The van der Waals surface area contributed by atoms with Crippen molar-refractivity contribution in [3.63, 3.8) is 0 Å². The Hall–Kier alpha value is -4.73. The largest absolute Gasteiger partial charge is 0.310 e. The molecule has 3 aliphatic rings. The molecule has 0 fully saturated rings. The van der Waals surface area contributed by atoms with Crippen molar-refractivity contribution in [2.24, 2.45) is 4.40 Å². The molecule has 0 radical (unpaired) electrons. The second-order valence-corrected chi connectivity index (χ2v) is 11.4. The lowest BCUT2D eigenvalue weighted by Crippen LogP contribution is -2.25. The predicted octanol–water partition coefficient (Wildman–Crippen LogP) is 8.03. The first kappa shape index (κ1) is 25.9. The number of aryl methyl sites for hydroxylation is 1. The van der Waals surface area contributed by atoms with Gasteiger partial charge in [0.1, 0.15) is 34.2 Å². The van der Waals surface area contributed by atoms with Gasteiger partial charge in [-0.3, -0.25) is 5.41 Å². The standard InChI is InChI=1S/C34H25N7S2/c35-27-30(38-42)32-33(34-31(27)39-43-40-34)37-28(22-10-2-1-3-11-22)29(36-32)23-16-18-24(19-17-23)41-25-12-6-4-8-20(25)14-15-21-9-5-7-13-26(21)41/h1-4,6-8,10-13,16-19,35,42H,5,9,14-15H2/b35-27?,38-30+. The highest BCUT2D eigenvalue weighted by atomic mass is 32.1. The number of hydrogen-bond donors (Lipinski definition) is 2. The average Bonchev–Trinajstić information content (AvgIpc) is 3.50. The molecule has 0 atom stereocenters. The van der Waals surface area contributed by atoms with Gasteiger partial charge in [0.2, 0.25) is 0 Å². The summed E-state index contributed by atoms with van der Waals surface area (Å²) < 4.78 is 12.9. The number of nitrogens with zero attached hydrogens (tertiary/aromatic N) is 6. The number of anilines is 2. The number of allylic oxidation sites excluding steroid dienone is 3. The number of thiol groups is 1. The van der Waals surface area contributed by atoms with E-state index in [9.17, 15) is 0 Å². The molecule has 7 nitrogen and oxygen atoms in total. The average molecular weight is 596 g/mol. The van der Waals surface area contributed by atoms with Crippen LogP contribution in [0.2, 0.25) is 0 Å². The molecule has 0 bridgehead atoms. The molecule has 5 aromatic rings. The fourth-order valence-electron chi connectivity index (χ4n) is 6.19. The quantitative estimate of drug-likeness (QED) is 0.206. The van der Waals surface area contributed by atoms with Gasteiger partial charge in [-0.25, -0.2) is 14.4 Å². The minimum Gasteiger partial charge on any atom is -0.310 e. The smallest absolute Gasteiger partial charge is 0.135 e. The van der Waals surface area contributed by atoms with Crippen molar-refractivity contribution in [1.29, 1.82) is 5.41 Å². The van der Waals surface area contributed by atoms with Crippen molar-refractivity contribution < 1.29 is 0 Å². The van der Waals surface area contributed by atoms with Gasteiger partial charge in [0.05, 0.1) is 23.1 Å². The summed E-state index contributed by atoms with van der Waals surface area (Å²) in [6, 6.07) is 27.3. The van der Waals surface area contributed by atoms with Crippen LogP contribution in [0.15, 0.2) is 107 Å². The highest BCUT2D eigenvalue weighted by molar-refractivity contribution is 7.79. The van der Waals surface area contributed by atoms with Gasteiger partial charge in [0.25, 0.3) is 0 Å². The van der Waals surface area contributed by atoms with Crippen LogP contribution >= 0.6 is 24.5 Å². The maximum atomic E-state index is 8.70. The molecular formula is C34H25N7S2. The summed E-state index contributed by atoms with van der Waals surface area (Å²) in [5.74, 6) is 0. The predicted molar refractivity (Wildman–Crippen MR) is 176 cm³/mol. The van der Waals surface area contributed by atoms with Gasteiger partial charge in [0.15, 0.2) is 0 Å². The molecule has 0 saturated carbocycles. The molecule has 1 aliphatic heterocycles. The van der Waals surface area contributed by atoms with Gasteiger partial charge < -0.3 is 4.90 Å². The van der Waals surface area contributed by atoms with E-state index in [0.717, 1.165) is 59.9 Å². The van der Waals surface area contributed by atoms with Gasteiger partial charge in [-0.15, -0.1) is 0 Å². The molecule has 3 heterocycles.